The van der Waals surface area contributed by atoms with Crippen molar-refractivity contribution in [1.29, 1.82) is 0 Å². The van der Waals surface area contributed by atoms with E-state index in [1.807, 2.05) is 30.3 Å². The fourth-order valence-corrected chi connectivity index (χ4v) is 2.77. The van der Waals surface area contributed by atoms with E-state index in [1.165, 1.54) is 0 Å². The standard InChI is InChI=1S/C21H19N5O3/c1-28-17-5-2-15(3-6-17)18-13-24-21(29-18)9-8-20(27)25-16-4-7-19(23-12-16)26-11-10-22-14-26/h2-7,10-14H,8-9H2,1H3,(H,25,27). The molecule has 4 aromatic rings. The van der Waals surface area contributed by atoms with Crippen molar-refractivity contribution >= 4 is 11.6 Å². The lowest BCUT2D eigenvalue weighted by molar-refractivity contribution is -0.116. The molecule has 146 valence electrons. The Kier molecular flexibility index (Phi) is 5.33. The molecule has 1 N–H and O–H groups in total. The van der Waals surface area contributed by atoms with Crippen LogP contribution in [0, 0.1) is 0 Å². The van der Waals surface area contributed by atoms with E-state index < -0.39 is 0 Å². The summed E-state index contributed by atoms with van der Waals surface area (Å²) in [5.74, 6) is 2.54. The molecule has 1 amide bonds. The molecule has 0 unspecified atom stereocenters. The number of anilines is 1. The second kappa shape index (κ2) is 8.39. The molecule has 0 saturated heterocycles. The molecule has 0 radical (unpaired) electrons. The van der Waals surface area contributed by atoms with Crippen molar-refractivity contribution in [3.8, 4) is 22.9 Å². The Morgan fingerprint density at radius 2 is 2.00 bits per heavy atom. The SMILES string of the molecule is COc1ccc(-c2cnc(CCC(=O)Nc3ccc(-n4ccnc4)nc3)o2)cc1. The minimum Gasteiger partial charge on any atom is -0.497 e. The lowest BCUT2D eigenvalue weighted by Crippen LogP contribution is -2.12. The quantitative estimate of drug-likeness (QED) is 0.520. The molecule has 0 spiro atoms. The number of hydrogen-bond acceptors (Lipinski definition) is 6. The molecule has 8 nitrogen and oxygen atoms in total. The van der Waals surface area contributed by atoms with E-state index >= 15 is 0 Å². The summed E-state index contributed by atoms with van der Waals surface area (Å²) < 4.78 is 12.7. The van der Waals surface area contributed by atoms with Gasteiger partial charge in [-0.05, 0) is 36.4 Å². The zero-order valence-corrected chi connectivity index (χ0v) is 15.8. The number of ether oxygens (including phenoxy) is 1. The summed E-state index contributed by atoms with van der Waals surface area (Å²) in [4.78, 5) is 24.8. The number of rotatable bonds is 7. The lowest BCUT2D eigenvalue weighted by atomic mass is 10.2. The molecule has 3 heterocycles. The highest BCUT2D eigenvalue weighted by atomic mass is 16.5. The topological polar surface area (TPSA) is 95.1 Å². The zero-order chi connectivity index (χ0) is 20.1. The molecule has 0 bridgehead atoms. The van der Waals surface area contributed by atoms with Gasteiger partial charge in [-0.3, -0.25) is 9.36 Å². The summed E-state index contributed by atoms with van der Waals surface area (Å²) >= 11 is 0. The number of carbonyl (C=O) groups is 1. The molecule has 8 heteroatoms. The molecule has 3 aromatic heterocycles. The van der Waals surface area contributed by atoms with Gasteiger partial charge in [-0.1, -0.05) is 0 Å². The highest BCUT2D eigenvalue weighted by Gasteiger charge is 2.10. The van der Waals surface area contributed by atoms with Gasteiger partial charge in [-0.2, -0.15) is 0 Å². The van der Waals surface area contributed by atoms with Gasteiger partial charge in [0.15, 0.2) is 11.7 Å². The number of aryl methyl sites for hydroxylation is 1. The van der Waals surface area contributed by atoms with E-state index in [4.69, 9.17) is 9.15 Å². The van der Waals surface area contributed by atoms with Gasteiger partial charge in [0, 0.05) is 30.8 Å². The monoisotopic (exact) mass is 389 g/mol. The van der Waals surface area contributed by atoms with E-state index in [2.05, 4.69) is 20.3 Å². The second-order valence-electron chi connectivity index (χ2n) is 6.27. The third kappa shape index (κ3) is 4.49. The van der Waals surface area contributed by atoms with Crippen LogP contribution in [0.15, 0.2) is 71.9 Å². The first-order chi connectivity index (χ1) is 14.2. The van der Waals surface area contributed by atoms with Gasteiger partial charge in [0.1, 0.15) is 17.9 Å². The van der Waals surface area contributed by atoms with Crippen LogP contribution in [0.4, 0.5) is 5.69 Å². The number of benzene rings is 1. The smallest absolute Gasteiger partial charge is 0.224 e. The lowest BCUT2D eigenvalue weighted by Gasteiger charge is -2.05. The molecule has 4 rings (SSSR count). The van der Waals surface area contributed by atoms with Crippen molar-refractivity contribution in [2.75, 3.05) is 12.4 Å². The zero-order valence-electron chi connectivity index (χ0n) is 15.8. The number of imidazole rings is 1. The summed E-state index contributed by atoms with van der Waals surface area (Å²) in [6.07, 6.45) is 9.08. The first-order valence-electron chi connectivity index (χ1n) is 9.04. The minimum absolute atomic E-state index is 0.133. The molecule has 0 atom stereocenters. The Bertz CT molecular complexity index is 1070. The molecule has 0 aliphatic rings. The third-order valence-electron chi connectivity index (χ3n) is 4.29. The van der Waals surface area contributed by atoms with Crippen LogP contribution in [0.25, 0.3) is 17.1 Å². The van der Waals surface area contributed by atoms with Gasteiger partial charge >= 0.3 is 0 Å². The summed E-state index contributed by atoms with van der Waals surface area (Å²) in [7, 11) is 1.62. The average molecular weight is 389 g/mol. The number of pyridine rings is 1. The van der Waals surface area contributed by atoms with Crippen LogP contribution in [0.3, 0.4) is 0 Å². The number of nitrogens with one attached hydrogen (secondary N) is 1. The van der Waals surface area contributed by atoms with Crippen LogP contribution in [-0.4, -0.2) is 32.5 Å². The number of aromatic nitrogens is 4. The van der Waals surface area contributed by atoms with Crippen LogP contribution >= 0.6 is 0 Å². The maximum atomic E-state index is 12.2. The number of oxazole rings is 1. The highest BCUT2D eigenvalue weighted by Crippen LogP contribution is 2.23. The van der Waals surface area contributed by atoms with E-state index in [0.717, 1.165) is 17.1 Å². The summed E-state index contributed by atoms with van der Waals surface area (Å²) in [5.41, 5.74) is 1.53. The maximum absolute atomic E-state index is 12.2. The molecular formula is C21H19N5O3. The fourth-order valence-electron chi connectivity index (χ4n) is 2.77. The second-order valence-corrected chi connectivity index (χ2v) is 6.27. The number of hydrogen-bond donors (Lipinski definition) is 1. The minimum atomic E-state index is -0.133. The van der Waals surface area contributed by atoms with Crippen molar-refractivity contribution in [2.24, 2.45) is 0 Å². The van der Waals surface area contributed by atoms with Gasteiger partial charge in [0.05, 0.1) is 25.2 Å². The first kappa shape index (κ1) is 18.4. The normalized spacial score (nSPS) is 10.7. The number of methoxy groups -OCH3 is 1. The van der Waals surface area contributed by atoms with Crippen LogP contribution in [0.1, 0.15) is 12.3 Å². The summed E-state index contributed by atoms with van der Waals surface area (Å²) in [6.45, 7) is 0. The molecule has 29 heavy (non-hydrogen) atoms. The largest absolute Gasteiger partial charge is 0.497 e. The van der Waals surface area contributed by atoms with E-state index in [0.29, 0.717) is 23.8 Å². The molecule has 0 fully saturated rings. The molecular weight excluding hydrogens is 370 g/mol. The Morgan fingerprint density at radius 1 is 1.14 bits per heavy atom. The number of nitrogens with zero attached hydrogens (tertiary/aromatic N) is 4. The van der Waals surface area contributed by atoms with Crippen LogP contribution in [-0.2, 0) is 11.2 Å². The van der Waals surface area contributed by atoms with E-state index in [9.17, 15) is 4.79 Å². The number of amides is 1. The Labute approximate surface area is 167 Å². The van der Waals surface area contributed by atoms with Gasteiger partial charge in [0.2, 0.25) is 5.91 Å². The average Bonchev–Trinajstić information content (AvgIpc) is 3.45. The van der Waals surface area contributed by atoms with E-state index in [-0.39, 0.29) is 12.3 Å². The van der Waals surface area contributed by atoms with Gasteiger partial charge in [-0.25, -0.2) is 15.0 Å². The predicted octanol–water partition coefficient (Wildman–Crippen LogP) is 3.50. The molecule has 1 aromatic carbocycles. The Hall–Kier alpha value is -3.94. The van der Waals surface area contributed by atoms with Gasteiger partial charge in [-0.15, -0.1) is 0 Å². The van der Waals surface area contributed by atoms with Crippen LogP contribution in [0.5, 0.6) is 5.75 Å². The first-order valence-corrected chi connectivity index (χ1v) is 9.04. The Balaban J connectivity index is 1.31. The van der Waals surface area contributed by atoms with Crippen molar-refractivity contribution in [2.45, 2.75) is 12.8 Å². The fraction of sp³-hybridized carbons (Fsp3) is 0.143. The Morgan fingerprint density at radius 3 is 2.69 bits per heavy atom. The van der Waals surface area contributed by atoms with E-state index in [1.54, 1.807) is 48.9 Å². The molecule has 0 saturated carbocycles. The summed E-state index contributed by atoms with van der Waals surface area (Å²) in [6, 6.07) is 11.1. The van der Waals surface area contributed by atoms with Gasteiger partial charge < -0.3 is 14.5 Å². The maximum Gasteiger partial charge on any atom is 0.224 e. The van der Waals surface area contributed by atoms with Crippen molar-refractivity contribution in [3.63, 3.8) is 0 Å². The predicted molar refractivity (Wildman–Crippen MR) is 107 cm³/mol. The van der Waals surface area contributed by atoms with Crippen LogP contribution in [0.2, 0.25) is 0 Å². The molecule has 0 aliphatic heterocycles. The van der Waals surface area contributed by atoms with Gasteiger partial charge in [0.25, 0.3) is 0 Å². The highest BCUT2D eigenvalue weighted by molar-refractivity contribution is 5.90. The third-order valence-corrected chi connectivity index (χ3v) is 4.29. The van der Waals surface area contributed by atoms with Crippen molar-refractivity contribution in [3.05, 3.63) is 73.4 Å². The van der Waals surface area contributed by atoms with Crippen LogP contribution < -0.4 is 10.1 Å². The van der Waals surface area contributed by atoms with Crippen molar-refractivity contribution < 1.29 is 13.9 Å². The summed E-state index contributed by atoms with van der Waals surface area (Å²) in [5, 5.41) is 2.83. The molecule has 0 aliphatic carbocycles. The number of carbonyl (C=O) groups excluding carboxylic acids is 1. The van der Waals surface area contributed by atoms with Crippen molar-refractivity contribution in [1.82, 2.24) is 19.5 Å².